The van der Waals surface area contributed by atoms with Crippen molar-refractivity contribution >= 4 is 29.1 Å². The van der Waals surface area contributed by atoms with Gasteiger partial charge >= 0.3 is 5.97 Å². The number of rotatable bonds is 7. The quantitative estimate of drug-likeness (QED) is 0.254. The van der Waals surface area contributed by atoms with Crippen molar-refractivity contribution in [3.8, 4) is 0 Å². The van der Waals surface area contributed by atoms with E-state index in [1.807, 2.05) is 0 Å². The van der Waals surface area contributed by atoms with E-state index in [0.29, 0.717) is 5.56 Å². The number of hydrogen-bond donors (Lipinski definition) is 0. The Balaban J connectivity index is 2.69. The first kappa shape index (κ1) is 16.1. The van der Waals surface area contributed by atoms with E-state index in [0.717, 1.165) is 0 Å². The standard InChI is InChI=1S/C13H13ClFNO4/c1-2-19-13(18)12(11(17)7-14)16-20-8-9-3-5-10(15)6-4-9/h3-6H,2,7-8H2,1H3/b16-12-. The third-order valence-electron chi connectivity index (χ3n) is 2.15. The Bertz CT molecular complexity index is 502. The number of ether oxygens (including phenoxy) is 1. The van der Waals surface area contributed by atoms with Crippen molar-refractivity contribution in [2.45, 2.75) is 13.5 Å². The highest BCUT2D eigenvalue weighted by Gasteiger charge is 2.21. The van der Waals surface area contributed by atoms with Crippen molar-refractivity contribution in [2.75, 3.05) is 12.5 Å². The number of ketones is 1. The second-order valence-electron chi connectivity index (χ2n) is 3.62. The summed E-state index contributed by atoms with van der Waals surface area (Å²) in [5.74, 6) is -2.36. The van der Waals surface area contributed by atoms with Gasteiger partial charge < -0.3 is 9.57 Å². The minimum atomic E-state index is -0.891. The monoisotopic (exact) mass is 301 g/mol. The summed E-state index contributed by atoms with van der Waals surface area (Å²) in [5, 5.41) is 3.45. The molecule has 0 unspecified atom stereocenters. The molecule has 0 aliphatic rings. The van der Waals surface area contributed by atoms with Crippen LogP contribution in [0.3, 0.4) is 0 Å². The molecular weight excluding hydrogens is 289 g/mol. The van der Waals surface area contributed by atoms with Crippen LogP contribution in [-0.2, 0) is 25.8 Å². The lowest BCUT2D eigenvalue weighted by molar-refractivity contribution is -0.136. The number of hydrogen-bond acceptors (Lipinski definition) is 5. The van der Waals surface area contributed by atoms with Crippen LogP contribution < -0.4 is 0 Å². The first-order chi connectivity index (χ1) is 9.58. The summed E-state index contributed by atoms with van der Waals surface area (Å²) in [5.41, 5.74) is 0.139. The fourth-order valence-corrected chi connectivity index (χ4v) is 1.34. The molecule has 0 heterocycles. The lowest BCUT2D eigenvalue weighted by atomic mass is 10.2. The van der Waals surface area contributed by atoms with Gasteiger partial charge in [-0.3, -0.25) is 4.79 Å². The molecule has 0 spiro atoms. The average molecular weight is 302 g/mol. The van der Waals surface area contributed by atoms with Crippen LogP contribution in [0.25, 0.3) is 0 Å². The van der Waals surface area contributed by atoms with Crippen molar-refractivity contribution in [1.82, 2.24) is 0 Å². The maximum absolute atomic E-state index is 12.7. The molecule has 0 saturated carbocycles. The molecule has 0 aliphatic carbocycles. The van der Waals surface area contributed by atoms with Crippen LogP contribution >= 0.6 is 11.6 Å². The summed E-state index contributed by atoms with van der Waals surface area (Å²) in [4.78, 5) is 27.8. The van der Waals surface area contributed by atoms with Crippen molar-refractivity contribution in [3.63, 3.8) is 0 Å². The zero-order valence-corrected chi connectivity index (χ0v) is 11.5. The van der Waals surface area contributed by atoms with E-state index in [2.05, 4.69) is 9.89 Å². The van der Waals surface area contributed by atoms with Crippen molar-refractivity contribution in [2.24, 2.45) is 5.16 Å². The fourth-order valence-electron chi connectivity index (χ4n) is 1.22. The van der Waals surface area contributed by atoms with Crippen LogP contribution in [0.15, 0.2) is 29.4 Å². The smallest absolute Gasteiger partial charge is 0.364 e. The molecule has 0 radical (unpaired) electrons. The largest absolute Gasteiger partial charge is 0.461 e. The van der Waals surface area contributed by atoms with Crippen LogP contribution in [0, 0.1) is 5.82 Å². The molecule has 0 saturated heterocycles. The number of nitrogens with zero attached hydrogens (tertiary/aromatic N) is 1. The molecule has 0 aromatic heterocycles. The minimum absolute atomic E-state index is 0.0151. The van der Waals surface area contributed by atoms with Gasteiger partial charge in [-0.2, -0.15) is 0 Å². The highest BCUT2D eigenvalue weighted by molar-refractivity contribution is 6.67. The fraction of sp³-hybridized carbons (Fsp3) is 0.308. The molecule has 0 atom stereocenters. The molecule has 0 N–H and O–H groups in total. The van der Waals surface area contributed by atoms with E-state index < -0.39 is 23.3 Å². The van der Waals surface area contributed by atoms with Crippen molar-refractivity contribution in [3.05, 3.63) is 35.6 Å². The van der Waals surface area contributed by atoms with E-state index in [4.69, 9.17) is 16.4 Å². The SMILES string of the molecule is CCOC(=O)/C(=N\OCc1ccc(F)cc1)C(=O)CCl. The summed E-state index contributed by atoms with van der Waals surface area (Å²) >= 11 is 5.37. The minimum Gasteiger partial charge on any atom is -0.461 e. The van der Waals surface area contributed by atoms with Crippen molar-refractivity contribution in [1.29, 1.82) is 0 Å². The Morgan fingerprint density at radius 2 is 1.95 bits per heavy atom. The summed E-state index contributed by atoms with van der Waals surface area (Å²) in [7, 11) is 0. The van der Waals surface area contributed by atoms with E-state index in [1.165, 1.54) is 24.3 Å². The van der Waals surface area contributed by atoms with Crippen LogP contribution in [0.1, 0.15) is 12.5 Å². The van der Waals surface area contributed by atoms with Gasteiger partial charge in [0.1, 0.15) is 12.4 Å². The van der Waals surface area contributed by atoms with E-state index in [-0.39, 0.29) is 19.0 Å². The number of Topliss-reactive ketones (excluding diaryl/α,β-unsaturated/α-hetero) is 1. The maximum atomic E-state index is 12.7. The number of benzene rings is 1. The molecule has 20 heavy (non-hydrogen) atoms. The highest BCUT2D eigenvalue weighted by atomic mass is 35.5. The Kier molecular flexibility index (Phi) is 6.66. The molecule has 1 aromatic rings. The highest BCUT2D eigenvalue weighted by Crippen LogP contribution is 2.04. The molecule has 0 fully saturated rings. The number of esters is 1. The van der Waals surface area contributed by atoms with Crippen LogP contribution in [0.4, 0.5) is 4.39 Å². The predicted molar refractivity (Wildman–Crippen MR) is 71.0 cm³/mol. The molecule has 0 bridgehead atoms. The summed E-state index contributed by atoms with van der Waals surface area (Å²) in [6.07, 6.45) is 0. The molecule has 1 aromatic carbocycles. The third-order valence-corrected chi connectivity index (χ3v) is 2.40. The first-order valence-corrected chi connectivity index (χ1v) is 6.32. The van der Waals surface area contributed by atoms with Gasteiger partial charge in [0.15, 0.2) is 0 Å². The van der Waals surface area contributed by atoms with Gasteiger partial charge in [-0.15, -0.1) is 11.6 Å². The van der Waals surface area contributed by atoms with Crippen LogP contribution in [0.5, 0.6) is 0 Å². The number of carbonyl (C=O) groups excluding carboxylic acids is 2. The number of halogens is 2. The molecule has 108 valence electrons. The summed E-state index contributed by atoms with van der Waals surface area (Å²) < 4.78 is 17.4. The van der Waals surface area contributed by atoms with E-state index in [1.54, 1.807) is 6.92 Å². The van der Waals surface area contributed by atoms with E-state index in [9.17, 15) is 14.0 Å². The van der Waals surface area contributed by atoms with Gasteiger partial charge in [0.2, 0.25) is 11.5 Å². The molecular formula is C13H13ClFNO4. The molecule has 1 rings (SSSR count). The first-order valence-electron chi connectivity index (χ1n) is 5.79. The maximum Gasteiger partial charge on any atom is 0.364 e. The average Bonchev–Trinajstić information content (AvgIpc) is 2.45. The number of carbonyl (C=O) groups is 2. The zero-order chi connectivity index (χ0) is 15.0. The number of oxime groups is 1. The van der Waals surface area contributed by atoms with Gasteiger partial charge in [-0.1, -0.05) is 17.3 Å². The molecule has 0 aliphatic heterocycles. The Morgan fingerprint density at radius 1 is 1.30 bits per heavy atom. The molecule has 7 heteroatoms. The number of alkyl halides is 1. The van der Waals surface area contributed by atoms with Crippen molar-refractivity contribution < 1.29 is 23.6 Å². The lowest BCUT2D eigenvalue weighted by Crippen LogP contribution is -2.27. The van der Waals surface area contributed by atoms with Gasteiger partial charge in [-0.25, -0.2) is 9.18 Å². The summed E-state index contributed by atoms with van der Waals surface area (Å²) in [6, 6.07) is 5.52. The van der Waals surface area contributed by atoms with Gasteiger partial charge in [0, 0.05) is 0 Å². The molecule has 5 nitrogen and oxygen atoms in total. The van der Waals surface area contributed by atoms with Crippen LogP contribution in [-0.4, -0.2) is 30.0 Å². The molecule has 0 amide bonds. The Morgan fingerprint density at radius 3 is 2.50 bits per heavy atom. The zero-order valence-electron chi connectivity index (χ0n) is 10.8. The second kappa shape index (κ2) is 8.27. The third kappa shape index (κ3) is 4.97. The van der Waals surface area contributed by atoms with Crippen LogP contribution in [0.2, 0.25) is 0 Å². The second-order valence-corrected chi connectivity index (χ2v) is 3.88. The van der Waals surface area contributed by atoms with Gasteiger partial charge in [0.05, 0.1) is 12.5 Å². The Hall–Kier alpha value is -1.95. The normalized spacial score (nSPS) is 11.1. The lowest BCUT2D eigenvalue weighted by Gasteiger charge is -2.04. The van der Waals surface area contributed by atoms with Gasteiger partial charge in [0.25, 0.3) is 0 Å². The van der Waals surface area contributed by atoms with E-state index >= 15 is 0 Å². The summed E-state index contributed by atoms with van der Waals surface area (Å²) in [6.45, 7) is 1.68. The van der Waals surface area contributed by atoms with Gasteiger partial charge in [-0.05, 0) is 24.6 Å². The topological polar surface area (TPSA) is 65.0 Å². The predicted octanol–water partition coefficient (Wildman–Crippen LogP) is 2.07. The Labute approximate surface area is 120 Å².